The van der Waals surface area contributed by atoms with Gasteiger partial charge in [-0.25, -0.2) is 0 Å². The Morgan fingerprint density at radius 2 is 1.71 bits per heavy atom. The molecule has 34 heavy (non-hydrogen) atoms. The Balaban J connectivity index is 2.45. The minimum Gasteiger partial charge on any atom is -0.489 e. The number of benzene rings is 2. The molecule has 0 aromatic heterocycles. The zero-order valence-corrected chi connectivity index (χ0v) is 19.0. The van der Waals surface area contributed by atoms with E-state index < -0.39 is 48.2 Å². The molecule has 2 aromatic carbocycles. The summed E-state index contributed by atoms with van der Waals surface area (Å²) in [5.41, 5.74) is -2.04. The molecule has 0 spiro atoms. The summed E-state index contributed by atoms with van der Waals surface area (Å²) < 4.78 is 85.6. The van der Waals surface area contributed by atoms with Crippen LogP contribution in [0.25, 0.3) is 4.91 Å². The average molecular weight is 505 g/mol. The molecule has 0 fully saturated rings. The molecule has 0 bridgehead atoms. The molecule has 2 aromatic rings. The molecular formula is C23H21F6NO3S. The van der Waals surface area contributed by atoms with E-state index in [4.69, 9.17) is 15.3 Å². The Kier molecular flexibility index (Phi) is 8.46. The zero-order valence-electron chi connectivity index (χ0n) is 18.1. The van der Waals surface area contributed by atoms with Gasteiger partial charge in [-0.05, 0) is 49.1 Å². The number of rotatable bonds is 8. The van der Waals surface area contributed by atoms with Gasteiger partial charge in [-0.15, -0.1) is 12.6 Å². The summed E-state index contributed by atoms with van der Waals surface area (Å²) in [6.07, 6.45) is -10.8. The summed E-state index contributed by atoms with van der Waals surface area (Å²) in [6.45, 7) is 2.58. The van der Waals surface area contributed by atoms with Gasteiger partial charge in [-0.2, -0.15) is 26.3 Å². The van der Waals surface area contributed by atoms with Gasteiger partial charge in [0, 0.05) is 16.9 Å². The first kappa shape index (κ1) is 27.3. The normalized spacial score (nSPS) is 12.9. The maximum atomic E-state index is 13.5. The van der Waals surface area contributed by atoms with E-state index in [0.29, 0.717) is 17.2 Å². The van der Waals surface area contributed by atoms with Crippen molar-refractivity contribution in [1.82, 2.24) is 0 Å². The summed E-state index contributed by atoms with van der Waals surface area (Å²) >= 11 is 4.19. The fourth-order valence-electron chi connectivity index (χ4n) is 3.20. The van der Waals surface area contributed by atoms with Crippen molar-refractivity contribution in [2.45, 2.75) is 39.0 Å². The van der Waals surface area contributed by atoms with Gasteiger partial charge in [0.05, 0.1) is 5.56 Å². The lowest BCUT2D eigenvalue weighted by Crippen LogP contribution is -2.27. The first-order chi connectivity index (χ1) is 15.6. The highest BCUT2D eigenvalue weighted by Gasteiger charge is 2.38. The van der Waals surface area contributed by atoms with Gasteiger partial charge in [-0.3, -0.25) is 10.2 Å². The van der Waals surface area contributed by atoms with Crippen LogP contribution in [0.5, 0.6) is 5.75 Å². The molecule has 0 atom stereocenters. The zero-order chi connectivity index (χ0) is 25.8. The number of thiol groups is 1. The minimum atomic E-state index is -5.04. The molecule has 0 aliphatic rings. The van der Waals surface area contributed by atoms with Crippen LogP contribution in [0.15, 0.2) is 42.0 Å². The molecule has 2 N–H and O–H groups in total. The van der Waals surface area contributed by atoms with Crippen molar-refractivity contribution in [2.75, 3.05) is 6.61 Å². The van der Waals surface area contributed by atoms with E-state index in [1.165, 1.54) is 6.07 Å². The molecule has 0 heterocycles. The Hall–Kier alpha value is -2.95. The Morgan fingerprint density at radius 1 is 1.06 bits per heavy atom. The highest BCUT2D eigenvalue weighted by molar-refractivity contribution is 7.90. The molecule has 0 aliphatic heterocycles. The van der Waals surface area contributed by atoms with E-state index in [-0.39, 0.29) is 22.6 Å². The van der Waals surface area contributed by atoms with Crippen molar-refractivity contribution in [2.24, 2.45) is 0 Å². The Bertz CT molecular complexity index is 1120. The number of halogens is 6. The third-order valence-corrected chi connectivity index (χ3v) is 5.40. The monoisotopic (exact) mass is 505 g/mol. The van der Waals surface area contributed by atoms with Crippen LogP contribution in [0.3, 0.4) is 0 Å². The molecular weight excluding hydrogens is 484 g/mol. The second-order valence-corrected chi connectivity index (χ2v) is 7.96. The molecule has 11 heteroatoms. The standard InChI is InChI=1S/C23H21F6NO3S/c1-12-3-7-16(13(2)9-12)20(34)17(21(30)23(27,28)29)11-33-15-6-4-14(5-8-19(31)32)18(10-15)22(24,25)26/h3-4,6-7,9-10,30,34H,5,8,11H2,1-2H3,(H,31,32)/b20-17-,30-21?. The van der Waals surface area contributed by atoms with Gasteiger partial charge in [0.1, 0.15) is 18.1 Å². The highest BCUT2D eigenvalue weighted by Crippen LogP contribution is 2.36. The summed E-state index contributed by atoms with van der Waals surface area (Å²) in [4.78, 5) is 10.5. The fraction of sp³-hybridized carbons (Fsp3) is 0.304. The van der Waals surface area contributed by atoms with Crippen LogP contribution < -0.4 is 4.74 Å². The van der Waals surface area contributed by atoms with E-state index in [1.807, 2.05) is 0 Å². The van der Waals surface area contributed by atoms with Crippen molar-refractivity contribution >= 4 is 29.2 Å². The fourth-order valence-corrected chi connectivity index (χ4v) is 3.62. The number of carboxylic acids is 1. The van der Waals surface area contributed by atoms with Crippen molar-refractivity contribution in [1.29, 1.82) is 5.41 Å². The number of alkyl halides is 6. The van der Waals surface area contributed by atoms with Gasteiger partial charge in [-0.1, -0.05) is 29.8 Å². The predicted molar refractivity (Wildman–Crippen MR) is 118 cm³/mol. The van der Waals surface area contributed by atoms with Crippen LogP contribution in [0.1, 0.15) is 34.2 Å². The second-order valence-electron chi connectivity index (χ2n) is 7.52. The van der Waals surface area contributed by atoms with Gasteiger partial charge >= 0.3 is 18.3 Å². The number of hydrogen-bond acceptors (Lipinski definition) is 4. The number of carboxylic acid groups (broad SMARTS) is 1. The summed E-state index contributed by atoms with van der Waals surface area (Å²) in [5, 5.41) is 16.3. The molecule has 2 rings (SSSR count). The van der Waals surface area contributed by atoms with Gasteiger partial charge in [0.15, 0.2) is 0 Å². The minimum absolute atomic E-state index is 0.186. The number of hydrogen-bond donors (Lipinski definition) is 3. The molecule has 0 amide bonds. The van der Waals surface area contributed by atoms with Gasteiger partial charge < -0.3 is 9.84 Å². The lowest BCUT2D eigenvalue weighted by Gasteiger charge is -2.19. The van der Waals surface area contributed by atoms with Crippen LogP contribution in [0.2, 0.25) is 0 Å². The summed E-state index contributed by atoms with van der Waals surface area (Å²) in [6, 6.07) is 7.63. The van der Waals surface area contributed by atoms with Crippen LogP contribution in [-0.4, -0.2) is 29.6 Å². The first-order valence-corrected chi connectivity index (χ1v) is 10.3. The smallest absolute Gasteiger partial charge is 0.433 e. The number of ether oxygens (including phenoxy) is 1. The number of aryl methyl sites for hydroxylation is 3. The summed E-state index contributed by atoms with van der Waals surface area (Å²) in [7, 11) is 0. The van der Waals surface area contributed by atoms with E-state index in [2.05, 4.69) is 12.6 Å². The maximum Gasteiger partial charge on any atom is 0.433 e. The first-order valence-electron chi connectivity index (χ1n) is 9.81. The summed E-state index contributed by atoms with van der Waals surface area (Å²) in [5.74, 6) is -1.66. The van der Waals surface area contributed by atoms with Crippen molar-refractivity contribution in [3.05, 3.63) is 69.8 Å². The third-order valence-electron chi connectivity index (χ3n) is 4.89. The largest absolute Gasteiger partial charge is 0.489 e. The van der Waals surface area contributed by atoms with E-state index >= 15 is 0 Å². The van der Waals surface area contributed by atoms with Crippen LogP contribution in [-0.2, 0) is 17.4 Å². The SMILES string of the molecule is Cc1ccc(/C(S)=C(\COc2ccc(CCC(=O)O)c(C(F)(F)F)c2)C(=N)C(F)(F)F)c(C)c1. The maximum absolute atomic E-state index is 13.5. The van der Waals surface area contributed by atoms with Crippen molar-refractivity contribution in [3.8, 4) is 5.75 Å². The van der Waals surface area contributed by atoms with Gasteiger partial charge in [0.25, 0.3) is 0 Å². The average Bonchev–Trinajstić information content (AvgIpc) is 2.71. The molecule has 184 valence electrons. The predicted octanol–water partition coefficient (Wildman–Crippen LogP) is 6.64. The number of carbonyl (C=O) groups is 1. The molecule has 0 radical (unpaired) electrons. The highest BCUT2D eigenvalue weighted by atomic mass is 32.1. The van der Waals surface area contributed by atoms with E-state index in [9.17, 15) is 31.1 Å². The lowest BCUT2D eigenvalue weighted by molar-refractivity contribution is -0.140. The molecule has 0 aliphatic carbocycles. The third kappa shape index (κ3) is 7.02. The number of aliphatic carboxylic acids is 1. The van der Waals surface area contributed by atoms with Crippen molar-refractivity contribution < 1.29 is 41.0 Å². The van der Waals surface area contributed by atoms with E-state index in [0.717, 1.165) is 17.7 Å². The quantitative estimate of drug-likeness (QED) is 0.214. The Morgan fingerprint density at radius 3 is 2.24 bits per heavy atom. The van der Waals surface area contributed by atoms with Gasteiger partial charge in [0.2, 0.25) is 0 Å². The second kappa shape index (κ2) is 10.5. The molecule has 4 nitrogen and oxygen atoms in total. The van der Waals surface area contributed by atoms with Crippen LogP contribution >= 0.6 is 12.6 Å². The number of nitrogens with one attached hydrogen (secondary N) is 1. The Labute approximate surface area is 197 Å². The molecule has 0 unspecified atom stereocenters. The van der Waals surface area contributed by atoms with Crippen molar-refractivity contribution in [3.63, 3.8) is 0 Å². The lowest BCUT2D eigenvalue weighted by atomic mass is 10.0. The molecule has 0 saturated heterocycles. The van der Waals surface area contributed by atoms with Crippen LogP contribution in [0.4, 0.5) is 26.3 Å². The molecule has 0 saturated carbocycles. The topological polar surface area (TPSA) is 70.4 Å². The van der Waals surface area contributed by atoms with E-state index in [1.54, 1.807) is 26.0 Å². The van der Waals surface area contributed by atoms with Crippen LogP contribution in [0, 0.1) is 19.3 Å².